The van der Waals surface area contributed by atoms with Crippen LogP contribution in [0.2, 0.25) is 0 Å². The summed E-state index contributed by atoms with van der Waals surface area (Å²) < 4.78 is 0. The number of nitrogens with zero attached hydrogens (tertiary/aromatic N) is 6. The maximum absolute atomic E-state index is 10.4. The van der Waals surface area contributed by atoms with Gasteiger partial charge in [-0.3, -0.25) is 0 Å². The Morgan fingerprint density at radius 3 is 2.07 bits per heavy atom. The minimum Gasteiger partial charge on any atom is -0.390 e. The zero-order chi connectivity index (χ0) is 11.7. The number of hydrogen-bond donors (Lipinski definition) is 0. The summed E-state index contributed by atoms with van der Waals surface area (Å²) in [5.74, 6) is -1.19. The molecule has 0 aromatic heterocycles. The monoisotopic (exact) mass is 220 g/mol. The summed E-state index contributed by atoms with van der Waals surface area (Å²) in [6, 6.07) is 0. The summed E-state index contributed by atoms with van der Waals surface area (Å²) >= 11 is 0. The second kappa shape index (κ2) is 3.32. The summed E-state index contributed by atoms with van der Waals surface area (Å²) in [7, 11) is 0. The highest BCUT2D eigenvalue weighted by Gasteiger charge is 2.58. The highest BCUT2D eigenvalue weighted by Crippen LogP contribution is 2.16. The second-order valence-electron chi connectivity index (χ2n) is 2.40. The fourth-order valence-corrected chi connectivity index (χ4v) is 0.994. The lowest BCUT2D eigenvalue weighted by molar-refractivity contribution is -0.818. The lowest BCUT2D eigenvalue weighted by Crippen LogP contribution is -2.52. The van der Waals surface area contributed by atoms with Gasteiger partial charge in [-0.25, -0.2) is 20.2 Å². The molecule has 1 heterocycles. The molecule has 0 aromatic carbocycles. The number of guanidine groups is 1. The van der Waals surface area contributed by atoms with Crippen LogP contribution in [0.15, 0.2) is 4.99 Å². The Balaban J connectivity index is 3.12. The van der Waals surface area contributed by atoms with E-state index < -0.39 is 27.1 Å². The topological polar surface area (TPSA) is 148 Å². The molecule has 0 fully saturated rings. The summed E-state index contributed by atoms with van der Waals surface area (Å²) in [4.78, 5) is 33.1. The molecule has 12 heteroatoms. The third-order valence-electron chi connectivity index (χ3n) is 1.49. The molecule has 1 unspecified atom stereocenters. The first kappa shape index (κ1) is 10.6. The van der Waals surface area contributed by atoms with Crippen LogP contribution >= 0.6 is 0 Å². The smallest absolute Gasteiger partial charge is 0.390 e. The first-order valence-electron chi connectivity index (χ1n) is 3.46. The fourth-order valence-electron chi connectivity index (χ4n) is 0.994. The standard InChI is InChI=1S/C3H4N6O6/c1-2-4-3(7(10)11)6(9(14)15)5(2)8(12)13/h2H,1H3. The van der Waals surface area contributed by atoms with Crippen molar-refractivity contribution >= 4 is 5.96 Å². The summed E-state index contributed by atoms with van der Waals surface area (Å²) in [6.07, 6.45) is -1.30. The lowest BCUT2D eigenvalue weighted by atomic mass is 10.6. The lowest BCUT2D eigenvalue weighted by Gasteiger charge is -2.07. The summed E-state index contributed by atoms with van der Waals surface area (Å²) in [5.41, 5.74) is 0. The molecule has 12 nitrogen and oxygen atoms in total. The molecule has 1 aliphatic rings. The molecule has 1 aliphatic heterocycles. The van der Waals surface area contributed by atoms with Crippen LogP contribution in [0.4, 0.5) is 0 Å². The number of rotatable bonds is 2. The largest absolute Gasteiger partial charge is 0.522 e. The molecular formula is C3H4N6O6. The molecule has 0 spiro atoms. The first-order chi connectivity index (χ1) is 6.86. The predicted octanol–water partition coefficient (Wildman–Crippen LogP) is -1.12. The van der Waals surface area contributed by atoms with Gasteiger partial charge in [0.25, 0.3) is 11.2 Å². The van der Waals surface area contributed by atoms with Gasteiger partial charge in [-0.1, -0.05) is 4.99 Å². The Morgan fingerprint density at radius 1 is 1.20 bits per heavy atom. The number of hydrogen-bond acceptors (Lipinski definition) is 7. The average molecular weight is 220 g/mol. The van der Waals surface area contributed by atoms with Crippen molar-refractivity contribution in [2.75, 3.05) is 0 Å². The molecular weight excluding hydrogens is 216 g/mol. The van der Waals surface area contributed by atoms with Gasteiger partial charge in [-0.15, -0.1) is 0 Å². The predicted molar refractivity (Wildman–Crippen MR) is 41.6 cm³/mol. The maximum Gasteiger partial charge on any atom is 0.522 e. The normalized spacial score (nSPS) is 20.1. The Morgan fingerprint density at radius 2 is 1.73 bits per heavy atom. The van der Waals surface area contributed by atoms with Crippen LogP contribution in [0.25, 0.3) is 0 Å². The average Bonchev–Trinajstić information content (AvgIpc) is 2.42. The molecule has 1 rings (SSSR count). The minimum atomic E-state index is -1.30. The van der Waals surface area contributed by atoms with Crippen molar-refractivity contribution in [3.05, 3.63) is 30.3 Å². The van der Waals surface area contributed by atoms with E-state index >= 15 is 0 Å². The van der Waals surface area contributed by atoms with E-state index in [9.17, 15) is 30.3 Å². The van der Waals surface area contributed by atoms with Crippen LogP contribution in [-0.4, -0.2) is 37.3 Å². The molecule has 0 bridgehead atoms. The summed E-state index contributed by atoms with van der Waals surface area (Å²) in [5, 5.41) is 28.3. The molecule has 0 saturated heterocycles. The van der Waals surface area contributed by atoms with Gasteiger partial charge >= 0.3 is 5.96 Å². The molecule has 0 saturated carbocycles. The molecule has 0 amide bonds. The van der Waals surface area contributed by atoms with Crippen LogP contribution in [0, 0.1) is 30.3 Å². The zero-order valence-electron chi connectivity index (χ0n) is 7.21. The third kappa shape index (κ3) is 1.59. The summed E-state index contributed by atoms with van der Waals surface area (Å²) in [6.45, 7) is 1.12. The van der Waals surface area contributed by atoms with Gasteiger partial charge in [0.1, 0.15) is 5.12 Å². The zero-order valence-corrected chi connectivity index (χ0v) is 7.21. The van der Waals surface area contributed by atoms with E-state index in [-0.39, 0.29) is 10.2 Å². The van der Waals surface area contributed by atoms with Crippen LogP contribution < -0.4 is 0 Å². The third-order valence-corrected chi connectivity index (χ3v) is 1.49. The Hall–Kier alpha value is -2.53. The van der Waals surface area contributed by atoms with Crippen LogP contribution in [0.3, 0.4) is 0 Å². The van der Waals surface area contributed by atoms with Crippen molar-refractivity contribution in [3.63, 3.8) is 0 Å². The number of nitro groups is 3. The molecule has 15 heavy (non-hydrogen) atoms. The van der Waals surface area contributed by atoms with Crippen molar-refractivity contribution in [1.82, 2.24) is 10.2 Å². The maximum atomic E-state index is 10.4. The molecule has 0 N–H and O–H groups in total. The van der Waals surface area contributed by atoms with Gasteiger partial charge < -0.3 is 10.1 Å². The van der Waals surface area contributed by atoms with Crippen molar-refractivity contribution in [3.8, 4) is 0 Å². The van der Waals surface area contributed by atoms with E-state index in [2.05, 4.69) is 4.99 Å². The van der Waals surface area contributed by atoms with Crippen molar-refractivity contribution in [2.24, 2.45) is 4.99 Å². The van der Waals surface area contributed by atoms with Gasteiger partial charge in [-0.2, -0.15) is 0 Å². The Labute approximate surface area is 80.7 Å². The van der Waals surface area contributed by atoms with Crippen molar-refractivity contribution in [1.29, 1.82) is 0 Å². The van der Waals surface area contributed by atoms with E-state index in [1.54, 1.807) is 0 Å². The van der Waals surface area contributed by atoms with E-state index in [0.717, 1.165) is 6.92 Å². The van der Waals surface area contributed by atoms with Crippen LogP contribution in [0.1, 0.15) is 6.92 Å². The van der Waals surface area contributed by atoms with E-state index in [0.29, 0.717) is 0 Å². The van der Waals surface area contributed by atoms with E-state index in [1.165, 1.54) is 0 Å². The number of aliphatic imine (C=N–C) groups is 1. The molecule has 1 atom stereocenters. The first-order valence-corrected chi connectivity index (χ1v) is 3.46. The minimum absolute atomic E-state index is 0.0435. The van der Waals surface area contributed by atoms with E-state index in [1.807, 2.05) is 0 Å². The van der Waals surface area contributed by atoms with Gasteiger partial charge in [0.15, 0.2) is 0 Å². The Bertz CT molecular complexity index is 364. The highest BCUT2D eigenvalue weighted by atomic mass is 16.7. The van der Waals surface area contributed by atoms with Gasteiger partial charge in [0.2, 0.25) is 10.2 Å². The fraction of sp³-hybridized carbons (Fsp3) is 0.667. The molecule has 0 aromatic rings. The number of hydrazine groups is 3. The van der Waals surface area contributed by atoms with Crippen LogP contribution in [-0.2, 0) is 0 Å². The van der Waals surface area contributed by atoms with Crippen LogP contribution in [0.5, 0.6) is 0 Å². The molecule has 0 aliphatic carbocycles. The quantitative estimate of drug-likeness (QED) is 0.419. The molecule has 0 radical (unpaired) electrons. The van der Waals surface area contributed by atoms with Crippen molar-refractivity contribution in [2.45, 2.75) is 13.1 Å². The van der Waals surface area contributed by atoms with Gasteiger partial charge in [0.05, 0.1) is 0 Å². The highest BCUT2D eigenvalue weighted by molar-refractivity contribution is 5.71. The Kier molecular flexibility index (Phi) is 2.33. The van der Waals surface area contributed by atoms with Crippen molar-refractivity contribution < 1.29 is 15.0 Å². The van der Waals surface area contributed by atoms with Gasteiger partial charge in [0, 0.05) is 6.92 Å². The van der Waals surface area contributed by atoms with Gasteiger partial charge in [-0.05, 0) is 4.92 Å². The SMILES string of the molecule is CC1N=C([N+](=O)[O-])N([N+](=O)[O-])N1[N+](=O)[O-]. The molecule has 82 valence electrons. The van der Waals surface area contributed by atoms with E-state index in [4.69, 9.17) is 0 Å². The second-order valence-corrected chi connectivity index (χ2v) is 2.40.